The topological polar surface area (TPSA) is 28.7 Å². The van der Waals surface area contributed by atoms with Crippen LogP contribution >= 0.6 is 11.3 Å². The Labute approximate surface area is 104 Å². The molecule has 6 heteroatoms. The van der Waals surface area contributed by atoms with Gasteiger partial charge in [-0.2, -0.15) is 13.2 Å². The first-order valence-electron chi connectivity index (χ1n) is 5.14. The molecule has 0 saturated heterocycles. The summed E-state index contributed by atoms with van der Waals surface area (Å²) in [6.07, 6.45) is -2.79. The number of nitrogens with zero attached hydrogens (tertiary/aromatic N) is 1. The number of thiazole rings is 1. The van der Waals surface area contributed by atoms with E-state index in [2.05, 4.69) is 9.97 Å². The van der Waals surface area contributed by atoms with E-state index < -0.39 is 11.7 Å². The van der Waals surface area contributed by atoms with Gasteiger partial charge in [-0.15, -0.1) is 11.3 Å². The van der Waals surface area contributed by atoms with Crippen molar-refractivity contribution in [3.63, 3.8) is 0 Å². The predicted molar refractivity (Wildman–Crippen MR) is 64.4 cm³/mol. The lowest BCUT2D eigenvalue weighted by Crippen LogP contribution is -2.06. The second-order valence-electron chi connectivity index (χ2n) is 3.78. The van der Waals surface area contributed by atoms with Gasteiger partial charge in [-0.1, -0.05) is 18.2 Å². The molecule has 0 atom stereocenters. The van der Waals surface area contributed by atoms with Crippen LogP contribution < -0.4 is 0 Å². The average Bonchev–Trinajstić information content (AvgIpc) is 2.89. The van der Waals surface area contributed by atoms with Crippen LogP contribution in [0.3, 0.4) is 0 Å². The van der Waals surface area contributed by atoms with Gasteiger partial charge < -0.3 is 4.98 Å². The maximum absolute atomic E-state index is 12.9. The number of nitrogens with one attached hydrogen (secondary N) is 1. The molecule has 2 nitrogen and oxygen atoms in total. The second-order valence-corrected chi connectivity index (χ2v) is 4.63. The van der Waals surface area contributed by atoms with Gasteiger partial charge >= 0.3 is 6.18 Å². The molecule has 0 bridgehead atoms. The Morgan fingerprint density at radius 3 is 2.67 bits per heavy atom. The number of rotatable bonds is 1. The Morgan fingerprint density at radius 2 is 1.89 bits per heavy atom. The highest BCUT2D eigenvalue weighted by Gasteiger charge is 2.33. The molecule has 2 heterocycles. The van der Waals surface area contributed by atoms with Crippen molar-refractivity contribution < 1.29 is 13.2 Å². The minimum Gasteiger partial charge on any atom is -0.345 e. The number of hydrogen-bond acceptors (Lipinski definition) is 2. The number of H-pyrrole nitrogens is 1. The molecule has 0 radical (unpaired) electrons. The summed E-state index contributed by atoms with van der Waals surface area (Å²) in [7, 11) is 0. The van der Waals surface area contributed by atoms with Crippen LogP contribution in [0, 0.1) is 0 Å². The van der Waals surface area contributed by atoms with Crippen molar-refractivity contribution in [1.29, 1.82) is 0 Å². The Morgan fingerprint density at radius 1 is 1.11 bits per heavy atom. The predicted octanol–water partition coefficient (Wildman–Crippen LogP) is 4.31. The maximum Gasteiger partial charge on any atom is 0.417 e. The fourth-order valence-corrected chi connectivity index (χ4v) is 2.69. The molecule has 0 aliphatic rings. The summed E-state index contributed by atoms with van der Waals surface area (Å²) in [5.41, 5.74) is 2.33. The van der Waals surface area contributed by atoms with E-state index in [-0.39, 0.29) is 5.56 Å². The monoisotopic (exact) mass is 268 g/mol. The second kappa shape index (κ2) is 3.84. The molecule has 0 fully saturated rings. The fourth-order valence-electron chi connectivity index (χ4n) is 1.91. The molecule has 0 aliphatic heterocycles. The van der Waals surface area contributed by atoms with Gasteiger partial charge in [0.2, 0.25) is 0 Å². The molecular formula is C12H7F3N2S. The Balaban J connectivity index is 2.27. The van der Waals surface area contributed by atoms with E-state index in [1.165, 1.54) is 23.5 Å². The van der Waals surface area contributed by atoms with Crippen LogP contribution in [0.1, 0.15) is 5.56 Å². The Kier molecular flexibility index (Phi) is 2.41. The van der Waals surface area contributed by atoms with Crippen molar-refractivity contribution in [2.45, 2.75) is 6.18 Å². The number of halogens is 3. The highest BCUT2D eigenvalue weighted by atomic mass is 32.1. The molecule has 0 amide bonds. The van der Waals surface area contributed by atoms with Crippen LogP contribution in [0.15, 0.2) is 36.0 Å². The van der Waals surface area contributed by atoms with Crippen LogP contribution in [0.4, 0.5) is 13.2 Å². The number of alkyl halides is 3. The summed E-state index contributed by atoms with van der Waals surface area (Å²) in [6, 6.07) is 5.56. The van der Waals surface area contributed by atoms with Crippen molar-refractivity contribution in [3.05, 3.63) is 41.5 Å². The van der Waals surface area contributed by atoms with Crippen molar-refractivity contribution in [1.82, 2.24) is 9.97 Å². The average molecular weight is 268 g/mol. The summed E-state index contributed by atoms with van der Waals surface area (Å²) < 4.78 is 39.6. The van der Waals surface area contributed by atoms with Gasteiger partial charge in [0, 0.05) is 11.8 Å². The van der Waals surface area contributed by atoms with Crippen LogP contribution in [-0.2, 0) is 6.18 Å². The van der Waals surface area contributed by atoms with E-state index in [0.717, 1.165) is 10.8 Å². The summed E-state index contributed by atoms with van der Waals surface area (Å²) >= 11 is 1.33. The third-order valence-electron chi connectivity index (χ3n) is 2.69. The van der Waals surface area contributed by atoms with Gasteiger partial charge in [0.15, 0.2) is 0 Å². The van der Waals surface area contributed by atoms with Crippen molar-refractivity contribution in [2.75, 3.05) is 0 Å². The molecule has 1 aromatic carbocycles. The zero-order chi connectivity index (χ0) is 12.8. The normalized spacial score (nSPS) is 12.2. The van der Waals surface area contributed by atoms with E-state index >= 15 is 0 Å². The molecule has 3 aromatic rings. The maximum atomic E-state index is 12.9. The van der Waals surface area contributed by atoms with Crippen molar-refractivity contribution >= 4 is 21.7 Å². The molecule has 2 aromatic heterocycles. The van der Waals surface area contributed by atoms with Gasteiger partial charge in [0.1, 0.15) is 5.65 Å². The molecule has 0 unspecified atom stereocenters. The first-order chi connectivity index (χ1) is 8.57. The van der Waals surface area contributed by atoms with E-state index in [4.69, 9.17) is 0 Å². The zero-order valence-corrected chi connectivity index (χ0v) is 9.77. The minimum atomic E-state index is -4.36. The lowest BCUT2D eigenvalue weighted by atomic mass is 10.0. The minimum absolute atomic E-state index is 0.181. The lowest BCUT2D eigenvalue weighted by molar-refractivity contribution is -0.137. The highest BCUT2D eigenvalue weighted by Crippen LogP contribution is 2.40. The molecule has 92 valence electrons. The Bertz CT molecular complexity index is 696. The Hall–Kier alpha value is -1.82. The number of hydrogen-bond donors (Lipinski definition) is 1. The SMILES string of the molecule is FC(F)(F)c1ccccc1-c1c[nH]c2ncsc12. The van der Waals surface area contributed by atoms with E-state index in [1.54, 1.807) is 17.8 Å². The summed E-state index contributed by atoms with van der Waals surface area (Å²) in [5.74, 6) is 0. The third-order valence-corrected chi connectivity index (χ3v) is 3.55. The van der Waals surface area contributed by atoms with E-state index in [0.29, 0.717) is 11.2 Å². The number of aromatic amines is 1. The highest BCUT2D eigenvalue weighted by molar-refractivity contribution is 7.17. The first kappa shape index (κ1) is 11.3. The van der Waals surface area contributed by atoms with Crippen LogP contribution in [0.2, 0.25) is 0 Å². The lowest BCUT2D eigenvalue weighted by Gasteiger charge is -2.11. The number of aromatic nitrogens is 2. The molecule has 0 spiro atoms. The van der Waals surface area contributed by atoms with Gasteiger partial charge in [-0.05, 0) is 11.6 Å². The van der Waals surface area contributed by atoms with Gasteiger partial charge in [-0.3, -0.25) is 0 Å². The van der Waals surface area contributed by atoms with Crippen LogP contribution in [0.5, 0.6) is 0 Å². The molecule has 1 N–H and O–H groups in total. The molecule has 0 saturated carbocycles. The first-order valence-corrected chi connectivity index (χ1v) is 6.02. The largest absolute Gasteiger partial charge is 0.417 e. The fraction of sp³-hybridized carbons (Fsp3) is 0.0833. The van der Waals surface area contributed by atoms with Crippen molar-refractivity contribution in [2.24, 2.45) is 0 Å². The van der Waals surface area contributed by atoms with Gasteiger partial charge in [0.05, 0.1) is 15.8 Å². The van der Waals surface area contributed by atoms with Crippen LogP contribution in [-0.4, -0.2) is 9.97 Å². The molecule has 0 aliphatic carbocycles. The summed E-state index contributed by atoms with van der Waals surface area (Å²) in [6.45, 7) is 0. The third kappa shape index (κ3) is 1.69. The summed E-state index contributed by atoms with van der Waals surface area (Å²) in [4.78, 5) is 6.92. The van der Waals surface area contributed by atoms with Gasteiger partial charge in [-0.25, -0.2) is 4.98 Å². The quantitative estimate of drug-likeness (QED) is 0.700. The molecular weight excluding hydrogens is 261 g/mol. The number of fused-ring (bicyclic) bond motifs is 1. The smallest absolute Gasteiger partial charge is 0.345 e. The van der Waals surface area contributed by atoms with E-state index in [1.807, 2.05) is 0 Å². The molecule has 18 heavy (non-hydrogen) atoms. The van der Waals surface area contributed by atoms with E-state index in [9.17, 15) is 13.2 Å². The molecule has 3 rings (SSSR count). The van der Waals surface area contributed by atoms with Gasteiger partial charge in [0.25, 0.3) is 0 Å². The van der Waals surface area contributed by atoms with Crippen molar-refractivity contribution in [3.8, 4) is 11.1 Å². The summed E-state index contributed by atoms with van der Waals surface area (Å²) in [5, 5.41) is 0. The standard InChI is InChI=1S/C12H7F3N2S/c13-12(14,15)9-4-2-1-3-7(9)8-5-16-11-10(8)18-6-17-11/h1-6,16H. The number of benzene rings is 1. The zero-order valence-electron chi connectivity index (χ0n) is 8.95. The van der Waals surface area contributed by atoms with Crippen LogP contribution in [0.25, 0.3) is 21.5 Å².